The fraction of sp³-hybridized carbons (Fsp3) is 0.400. The van der Waals surface area contributed by atoms with Crippen LogP contribution in [0.1, 0.15) is 6.42 Å². The van der Waals surface area contributed by atoms with Gasteiger partial charge in [-0.05, 0) is 54.1 Å². The molecule has 0 atom stereocenters. The van der Waals surface area contributed by atoms with Gasteiger partial charge in [0.1, 0.15) is 10.9 Å². The highest BCUT2D eigenvalue weighted by atomic mass is 79.9. The van der Waals surface area contributed by atoms with Gasteiger partial charge in [-0.3, -0.25) is 0 Å². The Labute approximate surface area is 128 Å². The van der Waals surface area contributed by atoms with E-state index in [2.05, 4.69) is 62.0 Å². The maximum absolute atomic E-state index is 4.22. The number of hydrogen-bond donors (Lipinski definition) is 0. The highest BCUT2D eigenvalue weighted by molar-refractivity contribution is 9.10. The molecule has 106 valence electrons. The summed E-state index contributed by atoms with van der Waals surface area (Å²) in [6.07, 6.45) is 5.03. The van der Waals surface area contributed by atoms with E-state index in [4.69, 9.17) is 0 Å². The van der Waals surface area contributed by atoms with Crippen molar-refractivity contribution in [2.75, 3.05) is 38.1 Å². The molecule has 1 aliphatic heterocycles. The second kappa shape index (κ2) is 5.97. The van der Waals surface area contributed by atoms with E-state index < -0.39 is 0 Å². The van der Waals surface area contributed by atoms with Gasteiger partial charge in [-0.15, -0.1) is 0 Å². The molecule has 1 fully saturated rings. The van der Waals surface area contributed by atoms with Crippen LogP contribution in [-0.2, 0) is 0 Å². The van der Waals surface area contributed by atoms with Crippen LogP contribution in [0, 0.1) is 0 Å². The number of likely N-dealkylation sites (N-methyl/N-ethyl adjacent to an activating group) is 1. The Morgan fingerprint density at radius 1 is 1.10 bits per heavy atom. The van der Waals surface area contributed by atoms with Crippen LogP contribution >= 0.6 is 15.9 Å². The molecule has 2 heterocycles. The number of benzene rings is 1. The van der Waals surface area contributed by atoms with E-state index in [1.54, 1.807) is 0 Å². The monoisotopic (exact) mass is 334 g/mol. The number of imidazole rings is 1. The van der Waals surface area contributed by atoms with Crippen molar-refractivity contribution in [2.24, 2.45) is 0 Å². The molecule has 3 rings (SSSR count). The molecule has 0 unspecified atom stereocenters. The second-order valence-electron chi connectivity index (χ2n) is 5.27. The third-order valence-electron chi connectivity index (χ3n) is 3.76. The van der Waals surface area contributed by atoms with Crippen molar-refractivity contribution in [3.63, 3.8) is 0 Å². The molecule has 0 saturated carbocycles. The molecule has 0 N–H and O–H groups in total. The summed E-state index contributed by atoms with van der Waals surface area (Å²) < 4.78 is 2.90. The summed E-state index contributed by atoms with van der Waals surface area (Å²) >= 11 is 3.39. The van der Waals surface area contributed by atoms with Crippen LogP contribution in [0.15, 0.2) is 41.4 Å². The van der Waals surface area contributed by atoms with E-state index in [0.717, 1.165) is 29.9 Å². The van der Waals surface area contributed by atoms with Gasteiger partial charge in [-0.2, -0.15) is 0 Å². The molecule has 1 aliphatic rings. The van der Waals surface area contributed by atoms with Crippen LogP contribution in [0.5, 0.6) is 0 Å². The highest BCUT2D eigenvalue weighted by Crippen LogP contribution is 2.21. The van der Waals surface area contributed by atoms with Crippen LogP contribution in [0.4, 0.5) is 5.69 Å². The first-order valence-corrected chi connectivity index (χ1v) is 7.75. The topological polar surface area (TPSA) is 24.3 Å². The molecule has 0 amide bonds. The Kier molecular flexibility index (Phi) is 4.08. The summed E-state index contributed by atoms with van der Waals surface area (Å²) in [5.74, 6) is 0. The van der Waals surface area contributed by atoms with Gasteiger partial charge in [-0.25, -0.2) is 4.98 Å². The fourth-order valence-electron chi connectivity index (χ4n) is 2.60. The predicted octanol–water partition coefficient (Wildman–Crippen LogP) is 2.78. The van der Waals surface area contributed by atoms with E-state index in [1.807, 2.05) is 17.1 Å². The van der Waals surface area contributed by atoms with Gasteiger partial charge >= 0.3 is 0 Å². The maximum Gasteiger partial charge on any atom is 0.124 e. The molecule has 1 aromatic heterocycles. The minimum Gasteiger partial charge on any atom is -0.370 e. The Morgan fingerprint density at radius 2 is 1.95 bits per heavy atom. The minimum atomic E-state index is 0.860. The molecule has 1 saturated heterocycles. The van der Waals surface area contributed by atoms with Crippen LogP contribution in [0.25, 0.3) is 5.69 Å². The minimum absolute atomic E-state index is 0.860. The van der Waals surface area contributed by atoms with E-state index in [1.165, 1.54) is 18.7 Å². The van der Waals surface area contributed by atoms with Gasteiger partial charge in [0.05, 0.1) is 0 Å². The molecule has 1 aromatic carbocycles. The summed E-state index contributed by atoms with van der Waals surface area (Å²) in [5.41, 5.74) is 2.45. The SMILES string of the molecule is CN1CCCN(c2cccc(-n3cnc(Br)c3)c2)CC1. The molecule has 2 aromatic rings. The lowest BCUT2D eigenvalue weighted by Gasteiger charge is -2.23. The average Bonchev–Trinajstić information content (AvgIpc) is 2.77. The number of nitrogens with zero attached hydrogens (tertiary/aromatic N) is 4. The van der Waals surface area contributed by atoms with Crippen LogP contribution in [0.3, 0.4) is 0 Å². The quantitative estimate of drug-likeness (QED) is 0.844. The lowest BCUT2D eigenvalue weighted by molar-refractivity contribution is 0.360. The lowest BCUT2D eigenvalue weighted by atomic mass is 10.2. The number of hydrogen-bond acceptors (Lipinski definition) is 3. The normalized spacial score (nSPS) is 17.2. The zero-order valence-electron chi connectivity index (χ0n) is 11.7. The molecular formula is C15H19BrN4. The zero-order valence-corrected chi connectivity index (χ0v) is 13.3. The fourth-order valence-corrected chi connectivity index (χ4v) is 2.91. The molecule has 0 spiro atoms. The summed E-state index contributed by atoms with van der Waals surface area (Å²) in [6, 6.07) is 8.66. The lowest BCUT2D eigenvalue weighted by Crippen LogP contribution is -2.28. The highest BCUT2D eigenvalue weighted by Gasteiger charge is 2.13. The first-order chi connectivity index (χ1) is 9.72. The summed E-state index contributed by atoms with van der Waals surface area (Å²) in [5, 5.41) is 0. The van der Waals surface area contributed by atoms with Gasteiger partial charge in [0.2, 0.25) is 0 Å². The predicted molar refractivity (Wildman–Crippen MR) is 85.6 cm³/mol. The van der Waals surface area contributed by atoms with Gasteiger partial charge in [0, 0.05) is 37.2 Å². The second-order valence-corrected chi connectivity index (χ2v) is 6.08. The molecule has 0 bridgehead atoms. The van der Waals surface area contributed by atoms with Crippen molar-refractivity contribution in [1.82, 2.24) is 14.5 Å². The van der Waals surface area contributed by atoms with Crippen molar-refractivity contribution in [2.45, 2.75) is 6.42 Å². The molecule has 0 radical (unpaired) electrons. The smallest absolute Gasteiger partial charge is 0.124 e. The Balaban J connectivity index is 1.83. The molecule has 5 heteroatoms. The molecule has 20 heavy (non-hydrogen) atoms. The van der Waals surface area contributed by atoms with Crippen LogP contribution in [-0.4, -0.2) is 47.7 Å². The number of anilines is 1. The first kappa shape index (κ1) is 13.6. The third kappa shape index (κ3) is 3.04. The maximum atomic E-state index is 4.22. The largest absolute Gasteiger partial charge is 0.370 e. The first-order valence-electron chi connectivity index (χ1n) is 6.96. The van der Waals surface area contributed by atoms with E-state index >= 15 is 0 Å². The van der Waals surface area contributed by atoms with Crippen molar-refractivity contribution in [3.8, 4) is 5.69 Å². The Morgan fingerprint density at radius 3 is 2.75 bits per heavy atom. The van der Waals surface area contributed by atoms with Gasteiger partial charge in [0.25, 0.3) is 0 Å². The summed E-state index contributed by atoms with van der Waals surface area (Å²) in [4.78, 5) is 9.09. The van der Waals surface area contributed by atoms with E-state index in [9.17, 15) is 0 Å². The van der Waals surface area contributed by atoms with Crippen molar-refractivity contribution in [1.29, 1.82) is 0 Å². The molecular weight excluding hydrogens is 316 g/mol. The number of rotatable bonds is 2. The average molecular weight is 335 g/mol. The van der Waals surface area contributed by atoms with E-state index in [0.29, 0.717) is 0 Å². The van der Waals surface area contributed by atoms with Crippen LogP contribution < -0.4 is 4.90 Å². The standard InChI is InChI=1S/C15H19BrN4/c1-18-6-3-7-19(9-8-18)13-4-2-5-14(10-13)20-11-15(16)17-12-20/h2,4-5,10-12H,3,6-9H2,1H3. The summed E-state index contributed by atoms with van der Waals surface area (Å²) in [7, 11) is 2.20. The zero-order chi connectivity index (χ0) is 13.9. The van der Waals surface area contributed by atoms with Gasteiger partial charge in [0.15, 0.2) is 0 Å². The molecule has 4 nitrogen and oxygen atoms in total. The Bertz CT molecular complexity index is 581. The third-order valence-corrected chi connectivity index (χ3v) is 4.17. The Hall–Kier alpha value is -1.33. The van der Waals surface area contributed by atoms with Crippen molar-refractivity contribution < 1.29 is 0 Å². The summed E-state index contributed by atoms with van der Waals surface area (Å²) in [6.45, 7) is 4.53. The number of halogens is 1. The van der Waals surface area contributed by atoms with Crippen LogP contribution in [0.2, 0.25) is 0 Å². The number of aromatic nitrogens is 2. The van der Waals surface area contributed by atoms with Gasteiger partial charge < -0.3 is 14.4 Å². The van der Waals surface area contributed by atoms with Crippen molar-refractivity contribution >= 4 is 21.6 Å². The van der Waals surface area contributed by atoms with E-state index in [-0.39, 0.29) is 0 Å². The van der Waals surface area contributed by atoms with Crippen molar-refractivity contribution in [3.05, 3.63) is 41.4 Å². The molecule has 0 aliphatic carbocycles. The van der Waals surface area contributed by atoms with Gasteiger partial charge in [-0.1, -0.05) is 6.07 Å².